The summed E-state index contributed by atoms with van der Waals surface area (Å²) in [7, 11) is 0. The number of rotatable bonds is 3. The van der Waals surface area contributed by atoms with E-state index in [-0.39, 0.29) is 0 Å². The summed E-state index contributed by atoms with van der Waals surface area (Å²) in [6.07, 6.45) is 3.53. The molecule has 0 unspecified atom stereocenters. The van der Waals surface area contributed by atoms with Crippen LogP contribution in [0.1, 0.15) is 0 Å². The minimum atomic E-state index is 0.781. The van der Waals surface area contributed by atoms with Gasteiger partial charge in [0.25, 0.3) is 0 Å². The highest BCUT2D eigenvalue weighted by Gasteiger charge is 1.96. The summed E-state index contributed by atoms with van der Waals surface area (Å²) in [5.41, 5.74) is 2.01. The monoisotopic (exact) mass is 173 g/mol. The van der Waals surface area contributed by atoms with Gasteiger partial charge in [-0.2, -0.15) is 0 Å². The number of hydrogen-bond donors (Lipinski definition) is 1. The third kappa shape index (κ3) is 1.56. The lowest BCUT2D eigenvalue weighted by Gasteiger charge is -2.01. The summed E-state index contributed by atoms with van der Waals surface area (Å²) in [6.45, 7) is 4.43. The first kappa shape index (κ1) is 7.92. The Morgan fingerprint density at radius 2 is 2.31 bits per heavy atom. The Labute approximate surface area is 76.9 Å². The number of nitrogens with one attached hydrogen (secondary N) is 1. The molecule has 2 aromatic rings. The maximum Gasteiger partial charge on any atom is 0.133 e. The molecule has 1 heterocycles. The molecule has 0 aliphatic carbocycles. The van der Waals surface area contributed by atoms with Crippen LogP contribution in [-0.4, -0.2) is 6.54 Å². The minimum absolute atomic E-state index is 0.781. The molecule has 0 aliphatic heterocycles. The average Bonchev–Trinajstić information content (AvgIpc) is 2.61. The molecule has 0 saturated heterocycles. The fraction of sp³-hybridized carbons (Fsp3) is 0.0909. The van der Waals surface area contributed by atoms with Gasteiger partial charge in [0.2, 0.25) is 0 Å². The second-order valence-corrected chi connectivity index (χ2v) is 2.84. The molecule has 0 spiro atoms. The molecule has 2 nitrogen and oxygen atoms in total. The largest absolute Gasteiger partial charge is 0.464 e. The smallest absolute Gasteiger partial charge is 0.133 e. The van der Waals surface area contributed by atoms with Crippen molar-refractivity contribution in [3.63, 3.8) is 0 Å². The Kier molecular flexibility index (Phi) is 2.04. The van der Waals surface area contributed by atoms with Crippen LogP contribution in [0, 0.1) is 0 Å². The fourth-order valence-electron chi connectivity index (χ4n) is 1.27. The average molecular weight is 173 g/mol. The second-order valence-electron chi connectivity index (χ2n) is 2.84. The zero-order valence-electron chi connectivity index (χ0n) is 7.29. The Balaban J connectivity index is 2.31. The molecule has 0 saturated carbocycles. The van der Waals surface area contributed by atoms with Crippen LogP contribution in [-0.2, 0) is 0 Å². The topological polar surface area (TPSA) is 25.2 Å². The van der Waals surface area contributed by atoms with Crippen molar-refractivity contribution in [2.45, 2.75) is 0 Å². The van der Waals surface area contributed by atoms with Crippen LogP contribution in [0.3, 0.4) is 0 Å². The number of anilines is 1. The quantitative estimate of drug-likeness (QED) is 0.722. The van der Waals surface area contributed by atoms with E-state index in [0.717, 1.165) is 23.2 Å². The van der Waals surface area contributed by atoms with E-state index in [9.17, 15) is 0 Å². The Morgan fingerprint density at radius 3 is 3.15 bits per heavy atom. The molecule has 0 aliphatic rings. The van der Waals surface area contributed by atoms with E-state index >= 15 is 0 Å². The normalized spacial score (nSPS) is 10.2. The first-order valence-electron chi connectivity index (χ1n) is 4.22. The van der Waals surface area contributed by atoms with Crippen LogP contribution < -0.4 is 5.32 Å². The van der Waals surface area contributed by atoms with E-state index in [2.05, 4.69) is 18.0 Å². The molecule has 0 bridgehead atoms. The van der Waals surface area contributed by atoms with E-state index in [0.29, 0.717) is 0 Å². The Bertz CT molecular complexity index is 417. The Hall–Kier alpha value is -1.70. The molecule has 0 fully saturated rings. The van der Waals surface area contributed by atoms with Gasteiger partial charge in [0.15, 0.2) is 0 Å². The molecule has 0 radical (unpaired) electrons. The van der Waals surface area contributed by atoms with Gasteiger partial charge in [-0.1, -0.05) is 6.08 Å². The van der Waals surface area contributed by atoms with Crippen molar-refractivity contribution in [3.8, 4) is 0 Å². The third-order valence-corrected chi connectivity index (χ3v) is 1.90. The van der Waals surface area contributed by atoms with Crippen LogP contribution in [0.2, 0.25) is 0 Å². The molecule has 2 heteroatoms. The van der Waals surface area contributed by atoms with Crippen molar-refractivity contribution < 1.29 is 4.42 Å². The van der Waals surface area contributed by atoms with Gasteiger partial charge >= 0.3 is 0 Å². The van der Waals surface area contributed by atoms with Gasteiger partial charge in [-0.05, 0) is 24.3 Å². The molecule has 2 rings (SSSR count). The van der Waals surface area contributed by atoms with Crippen molar-refractivity contribution in [3.05, 3.63) is 43.2 Å². The van der Waals surface area contributed by atoms with Gasteiger partial charge in [0, 0.05) is 17.6 Å². The molecule has 0 amide bonds. The first-order valence-corrected chi connectivity index (χ1v) is 4.22. The highest BCUT2D eigenvalue weighted by atomic mass is 16.3. The van der Waals surface area contributed by atoms with Crippen LogP contribution in [0.5, 0.6) is 0 Å². The lowest BCUT2D eigenvalue weighted by atomic mass is 10.2. The van der Waals surface area contributed by atoms with Crippen molar-refractivity contribution in [1.82, 2.24) is 0 Å². The van der Waals surface area contributed by atoms with Crippen LogP contribution in [0.4, 0.5) is 5.69 Å². The summed E-state index contributed by atoms with van der Waals surface area (Å²) in [6, 6.07) is 7.97. The van der Waals surface area contributed by atoms with E-state index in [1.54, 1.807) is 6.26 Å². The van der Waals surface area contributed by atoms with Crippen LogP contribution in [0.25, 0.3) is 11.0 Å². The van der Waals surface area contributed by atoms with Crippen LogP contribution >= 0.6 is 0 Å². The lowest BCUT2D eigenvalue weighted by molar-refractivity contribution is 0.616. The minimum Gasteiger partial charge on any atom is -0.464 e. The molecule has 1 N–H and O–H groups in total. The molecule has 1 aromatic heterocycles. The summed E-state index contributed by atoms with van der Waals surface area (Å²) in [5, 5.41) is 4.34. The van der Waals surface area contributed by atoms with Crippen molar-refractivity contribution in [2.24, 2.45) is 0 Å². The molecule has 13 heavy (non-hydrogen) atoms. The van der Waals surface area contributed by atoms with Gasteiger partial charge < -0.3 is 9.73 Å². The standard InChI is InChI=1S/C11H11NO/c1-2-6-12-10-3-4-11-9(8-10)5-7-13-11/h2-5,7-8,12H,1,6H2. The van der Waals surface area contributed by atoms with E-state index < -0.39 is 0 Å². The number of hydrogen-bond acceptors (Lipinski definition) is 2. The van der Waals surface area contributed by atoms with Crippen molar-refractivity contribution >= 4 is 16.7 Å². The fourth-order valence-corrected chi connectivity index (χ4v) is 1.27. The van der Waals surface area contributed by atoms with Gasteiger partial charge in [-0.25, -0.2) is 0 Å². The highest BCUT2D eigenvalue weighted by molar-refractivity contribution is 5.81. The molecular formula is C11H11NO. The summed E-state index contributed by atoms with van der Waals surface area (Å²) in [5.74, 6) is 0. The zero-order chi connectivity index (χ0) is 9.10. The lowest BCUT2D eigenvalue weighted by Crippen LogP contribution is -1.96. The maximum atomic E-state index is 5.23. The second kappa shape index (κ2) is 3.35. The van der Waals surface area contributed by atoms with Gasteiger partial charge in [-0.15, -0.1) is 6.58 Å². The maximum absolute atomic E-state index is 5.23. The molecule has 1 aromatic carbocycles. The predicted octanol–water partition coefficient (Wildman–Crippen LogP) is 3.03. The first-order chi connectivity index (χ1) is 6.40. The summed E-state index contributed by atoms with van der Waals surface area (Å²) < 4.78 is 5.23. The predicted molar refractivity (Wildman–Crippen MR) is 54.9 cm³/mol. The summed E-state index contributed by atoms with van der Waals surface area (Å²) in [4.78, 5) is 0. The van der Waals surface area contributed by atoms with Gasteiger partial charge in [0.1, 0.15) is 5.58 Å². The van der Waals surface area contributed by atoms with Crippen molar-refractivity contribution in [1.29, 1.82) is 0 Å². The highest BCUT2D eigenvalue weighted by Crippen LogP contribution is 2.19. The molecule has 66 valence electrons. The SMILES string of the molecule is C=CCNc1ccc2occc2c1. The van der Waals surface area contributed by atoms with E-state index in [1.807, 2.05) is 24.3 Å². The third-order valence-electron chi connectivity index (χ3n) is 1.90. The van der Waals surface area contributed by atoms with Gasteiger partial charge in [0.05, 0.1) is 6.26 Å². The number of furan rings is 1. The summed E-state index contributed by atoms with van der Waals surface area (Å²) >= 11 is 0. The van der Waals surface area contributed by atoms with E-state index in [4.69, 9.17) is 4.42 Å². The Morgan fingerprint density at radius 1 is 1.38 bits per heavy atom. The zero-order valence-corrected chi connectivity index (χ0v) is 7.29. The van der Waals surface area contributed by atoms with Gasteiger partial charge in [-0.3, -0.25) is 0 Å². The number of fused-ring (bicyclic) bond motifs is 1. The molecular weight excluding hydrogens is 162 g/mol. The molecule has 0 atom stereocenters. The van der Waals surface area contributed by atoms with E-state index in [1.165, 1.54) is 0 Å². The number of benzene rings is 1. The van der Waals surface area contributed by atoms with Crippen molar-refractivity contribution in [2.75, 3.05) is 11.9 Å². The van der Waals surface area contributed by atoms with Crippen LogP contribution in [0.15, 0.2) is 47.6 Å².